The van der Waals surface area contributed by atoms with Crippen molar-refractivity contribution in [1.29, 1.82) is 0 Å². The molecule has 18 rings (SSSR count). The van der Waals surface area contributed by atoms with E-state index < -0.39 is 0 Å². The lowest BCUT2D eigenvalue weighted by Crippen LogP contribution is -2.10. The average Bonchev–Trinajstić information content (AvgIpc) is 1.21. The smallest absolute Gasteiger partial charge is 0.127 e. The molecule has 16 aromatic carbocycles. The third-order valence-electron chi connectivity index (χ3n) is 20.6. The van der Waals surface area contributed by atoms with Gasteiger partial charge in [0, 0.05) is 79.5 Å². The van der Waals surface area contributed by atoms with Gasteiger partial charge in [0.15, 0.2) is 0 Å². The van der Waals surface area contributed by atoms with Gasteiger partial charge in [-0.1, -0.05) is 262 Å². The molecule has 0 spiro atoms. The van der Waals surface area contributed by atoms with Crippen molar-refractivity contribution in [2.24, 2.45) is 0 Å². The first kappa shape index (κ1) is 67.8. The summed E-state index contributed by atoms with van der Waals surface area (Å²) in [5, 5.41) is 14.9. The van der Waals surface area contributed by atoms with E-state index in [1.807, 2.05) is 0 Å². The molecule has 518 valence electrons. The third-order valence-corrected chi connectivity index (χ3v) is 20.6. The molecule has 0 aliphatic carbocycles. The Morgan fingerprint density at radius 3 is 1.25 bits per heavy atom. The van der Waals surface area contributed by atoms with Crippen LogP contribution in [0.4, 0.5) is 28.4 Å². The van der Waals surface area contributed by atoms with Gasteiger partial charge in [0.2, 0.25) is 0 Å². The predicted octanol–water partition coefficient (Wildman–Crippen LogP) is 27.7. The molecule has 0 radical (unpaired) electrons. The second-order valence-electron chi connectivity index (χ2n) is 27.9. The van der Waals surface area contributed by atoms with E-state index in [-0.39, 0.29) is 0 Å². The highest BCUT2D eigenvalue weighted by atomic mass is 16.5. The predicted molar refractivity (Wildman–Crippen MR) is 453 cm³/mol. The van der Waals surface area contributed by atoms with Gasteiger partial charge in [0.1, 0.15) is 11.5 Å². The number of nitrogens with zero attached hydrogens (tertiary/aromatic N) is 4. The number of aryl methyl sites for hydroxylation is 3. The van der Waals surface area contributed by atoms with E-state index in [1.165, 1.54) is 137 Å². The summed E-state index contributed by atoms with van der Waals surface area (Å²) in [4.78, 5) is 4.63. The minimum Gasteiger partial charge on any atom is -0.493 e. The Morgan fingerprint density at radius 2 is 0.679 bits per heavy atom. The summed E-state index contributed by atoms with van der Waals surface area (Å²) in [5.41, 5.74) is 21.4. The van der Waals surface area contributed by atoms with Gasteiger partial charge < -0.3 is 28.4 Å². The number of hydrogen-bond donors (Lipinski definition) is 0. The minimum atomic E-state index is 0.701. The molecule has 0 saturated heterocycles. The van der Waals surface area contributed by atoms with Crippen molar-refractivity contribution >= 4 is 115 Å². The van der Waals surface area contributed by atoms with Crippen LogP contribution in [-0.4, -0.2) is 29.4 Å². The van der Waals surface area contributed by atoms with Gasteiger partial charge >= 0.3 is 0 Å². The molecule has 0 saturated carbocycles. The van der Waals surface area contributed by atoms with E-state index >= 15 is 0 Å². The molecular weight excluding hydrogens is 1290 g/mol. The minimum absolute atomic E-state index is 0.701. The summed E-state index contributed by atoms with van der Waals surface area (Å²) in [6, 6.07) is 122. The molecule has 106 heavy (non-hydrogen) atoms. The fourth-order valence-corrected chi connectivity index (χ4v) is 15.2. The standard InChI is InChI=1S/C36H38O2.C35H26N2.C29H22N2/c1-5-7-20-37-33-18-14-29-23-26(4)12-16-31(29)35(33)36-32-17-13-28(27-11-9-10-25(3)22-27)24-30(32)15-19-34(36)38-21-8-6-2;1-25-10-9-15-29(22-25)36(30-19-18-26-11-5-6-12-27(26)23-30)31-20-21-33-32-16-7-8-17-34(32)37(35(33)24-31)28-13-3-2-4-14-28;1-30(24-16-15-21-9-5-6-10-22(21)19-24)25-17-18-27-26-13-7-8-14-28(26)31(29(27)20-25)23-11-3-2-4-12-23/h9-19,22-24H,5-8,20-21H2,1-4H3;2-24H,1H3;2-20H,1H3. The van der Waals surface area contributed by atoms with Crippen molar-refractivity contribution in [2.75, 3.05) is 30.1 Å². The van der Waals surface area contributed by atoms with Gasteiger partial charge in [-0.2, -0.15) is 0 Å². The highest BCUT2D eigenvalue weighted by molar-refractivity contribution is 6.13. The molecule has 0 fully saturated rings. The second kappa shape index (κ2) is 30.4. The Bertz CT molecular complexity index is 6210. The van der Waals surface area contributed by atoms with Crippen molar-refractivity contribution in [3.8, 4) is 45.1 Å². The molecule has 0 amide bonds. The number of unbranched alkanes of at least 4 members (excludes halogenated alkanes) is 2. The Kier molecular flexibility index (Phi) is 19.4. The first-order valence-corrected chi connectivity index (χ1v) is 37.3. The first-order valence-electron chi connectivity index (χ1n) is 37.3. The summed E-state index contributed by atoms with van der Waals surface area (Å²) < 4.78 is 17.7. The van der Waals surface area contributed by atoms with Crippen molar-refractivity contribution in [3.05, 3.63) is 356 Å². The maximum atomic E-state index is 6.47. The SMILES string of the molecule is CCCCOc1ccc2cc(C)ccc2c1-c1c(OCCCC)ccc2cc(-c3cccc(C)c3)ccc12.CN(c1ccc2ccccc2c1)c1ccc2c3ccccc3n(-c3ccccc3)c2c1.Cc1cccc(N(c2ccc3ccccc3c2)c2ccc3c4ccccc4n(-c4ccccc4)c3c2)c1. The number of rotatable bonds is 17. The lowest BCUT2D eigenvalue weighted by atomic mass is 9.90. The third kappa shape index (κ3) is 13.7. The van der Waals surface area contributed by atoms with Gasteiger partial charge in [0.25, 0.3) is 0 Å². The molecule has 0 N–H and O–H groups in total. The molecule has 18 aromatic rings. The van der Waals surface area contributed by atoms with Crippen LogP contribution >= 0.6 is 0 Å². The molecule has 0 bridgehead atoms. The summed E-state index contributed by atoms with van der Waals surface area (Å²) >= 11 is 0. The van der Waals surface area contributed by atoms with Crippen molar-refractivity contribution < 1.29 is 9.47 Å². The van der Waals surface area contributed by atoms with Gasteiger partial charge in [-0.15, -0.1) is 0 Å². The van der Waals surface area contributed by atoms with Crippen LogP contribution in [0.3, 0.4) is 0 Å². The first-order chi connectivity index (χ1) is 52.1. The molecule has 6 nitrogen and oxygen atoms in total. The maximum Gasteiger partial charge on any atom is 0.127 e. The Balaban J connectivity index is 0.000000122. The molecule has 0 atom stereocenters. The van der Waals surface area contributed by atoms with Crippen LogP contribution in [0.1, 0.15) is 56.2 Å². The summed E-state index contributed by atoms with van der Waals surface area (Å²) in [6.45, 7) is 12.2. The van der Waals surface area contributed by atoms with Crippen LogP contribution in [0.15, 0.2) is 340 Å². The number of ether oxygens (including phenoxy) is 2. The van der Waals surface area contributed by atoms with Gasteiger partial charge in [-0.05, 0) is 209 Å². The lowest BCUT2D eigenvalue weighted by molar-refractivity contribution is 0.306. The van der Waals surface area contributed by atoms with Crippen LogP contribution in [0.2, 0.25) is 0 Å². The van der Waals surface area contributed by atoms with Crippen molar-refractivity contribution in [2.45, 2.75) is 60.3 Å². The zero-order valence-corrected chi connectivity index (χ0v) is 61.2. The zero-order chi connectivity index (χ0) is 72.0. The lowest BCUT2D eigenvalue weighted by Gasteiger charge is -2.26. The zero-order valence-electron chi connectivity index (χ0n) is 61.2. The number of hydrogen-bond acceptors (Lipinski definition) is 4. The van der Waals surface area contributed by atoms with Crippen LogP contribution in [0, 0.1) is 20.8 Å². The number of fused-ring (bicyclic) bond motifs is 10. The fraction of sp³-hybridized carbons (Fsp3) is 0.120. The van der Waals surface area contributed by atoms with Gasteiger partial charge in [-0.3, -0.25) is 0 Å². The summed E-state index contributed by atoms with van der Waals surface area (Å²) in [5.74, 6) is 1.84. The Labute approximate surface area is 621 Å². The highest BCUT2D eigenvalue weighted by Gasteiger charge is 2.23. The van der Waals surface area contributed by atoms with E-state index in [4.69, 9.17) is 9.47 Å². The van der Waals surface area contributed by atoms with Crippen LogP contribution < -0.4 is 19.3 Å². The molecule has 0 unspecified atom stereocenters. The van der Waals surface area contributed by atoms with E-state index in [0.717, 1.165) is 65.4 Å². The number of aromatic nitrogens is 2. The van der Waals surface area contributed by atoms with Crippen LogP contribution in [0.25, 0.3) is 120 Å². The molecule has 2 heterocycles. The van der Waals surface area contributed by atoms with E-state index in [2.05, 4.69) is 400 Å². The Morgan fingerprint density at radius 1 is 0.274 bits per heavy atom. The fourth-order valence-electron chi connectivity index (χ4n) is 15.2. The van der Waals surface area contributed by atoms with E-state index in [1.54, 1.807) is 0 Å². The molecule has 6 heteroatoms. The summed E-state index contributed by atoms with van der Waals surface area (Å²) in [6.07, 6.45) is 4.25. The highest BCUT2D eigenvalue weighted by Crippen LogP contribution is 2.48. The van der Waals surface area contributed by atoms with Crippen LogP contribution in [0.5, 0.6) is 11.5 Å². The maximum absolute atomic E-state index is 6.47. The quantitative estimate of drug-likeness (QED) is 0.0851. The normalized spacial score (nSPS) is 11.3. The number of benzene rings is 16. The monoisotopic (exact) mass is 1370 g/mol. The molecule has 2 aromatic heterocycles. The topological polar surface area (TPSA) is 34.8 Å². The molecule has 0 aliphatic heterocycles. The number of para-hydroxylation sites is 4. The van der Waals surface area contributed by atoms with Crippen molar-refractivity contribution in [1.82, 2.24) is 9.13 Å². The van der Waals surface area contributed by atoms with Gasteiger partial charge in [-0.25, -0.2) is 0 Å². The summed E-state index contributed by atoms with van der Waals surface area (Å²) in [7, 11) is 2.14. The number of anilines is 5. The average molecular weight is 1380 g/mol. The van der Waals surface area contributed by atoms with E-state index in [9.17, 15) is 0 Å². The van der Waals surface area contributed by atoms with Crippen LogP contribution in [-0.2, 0) is 0 Å². The Hall–Kier alpha value is -12.6. The van der Waals surface area contributed by atoms with Gasteiger partial charge in [0.05, 0.1) is 35.3 Å². The molecule has 0 aliphatic rings. The van der Waals surface area contributed by atoms with Crippen molar-refractivity contribution in [3.63, 3.8) is 0 Å². The second-order valence-corrected chi connectivity index (χ2v) is 27.9. The molecular formula is C100H86N4O2. The van der Waals surface area contributed by atoms with E-state index in [0.29, 0.717) is 13.2 Å². The largest absolute Gasteiger partial charge is 0.493 e.